The molecule has 108 valence electrons. The first kappa shape index (κ1) is 12.9. The van der Waals surface area contributed by atoms with Crippen molar-refractivity contribution in [3.63, 3.8) is 0 Å². The number of Topliss-reactive ketones (excluding diaryl/α,β-unsaturated/α-hetero) is 1. The number of fused-ring (bicyclic) bond motifs is 2. The summed E-state index contributed by atoms with van der Waals surface area (Å²) >= 11 is 0. The summed E-state index contributed by atoms with van der Waals surface area (Å²) in [4.78, 5) is 20.5. The third-order valence-electron chi connectivity index (χ3n) is 4.00. The quantitative estimate of drug-likeness (QED) is 0.784. The van der Waals surface area contributed by atoms with Gasteiger partial charge in [-0.15, -0.1) is 0 Å². The molecular weight excluding hydrogens is 276 g/mol. The first-order valence-corrected chi connectivity index (χ1v) is 7.10. The van der Waals surface area contributed by atoms with Crippen LogP contribution >= 0.6 is 0 Å². The third-order valence-corrected chi connectivity index (χ3v) is 4.00. The van der Waals surface area contributed by atoms with Gasteiger partial charge in [0.25, 0.3) is 0 Å². The molecule has 0 spiro atoms. The van der Waals surface area contributed by atoms with Crippen LogP contribution in [0.3, 0.4) is 0 Å². The average Bonchev–Trinajstić information content (AvgIpc) is 3.03. The Morgan fingerprint density at radius 1 is 1.18 bits per heavy atom. The van der Waals surface area contributed by atoms with E-state index in [2.05, 4.69) is 9.98 Å². The zero-order valence-corrected chi connectivity index (χ0v) is 11.9. The molecule has 0 aliphatic carbocycles. The van der Waals surface area contributed by atoms with E-state index in [9.17, 15) is 4.79 Å². The molecule has 0 bridgehead atoms. The molecule has 0 unspecified atom stereocenters. The fraction of sp³-hybridized carbons (Fsp3) is 0.118. The molecule has 22 heavy (non-hydrogen) atoms. The highest BCUT2D eigenvalue weighted by molar-refractivity contribution is 6.16. The molecule has 1 aliphatic heterocycles. The minimum atomic E-state index is 0.0396. The van der Waals surface area contributed by atoms with Gasteiger partial charge in [0.15, 0.2) is 5.78 Å². The summed E-state index contributed by atoms with van der Waals surface area (Å²) in [5.74, 6) is 0.0396. The fourth-order valence-corrected chi connectivity index (χ4v) is 2.90. The Kier molecular flexibility index (Phi) is 2.87. The van der Waals surface area contributed by atoms with Gasteiger partial charge >= 0.3 is 0 Å². The van der Waals surface area contributed by atoms with Crippen LogP contribution in [0.2, 0.25) is 0 Å². The lowest BCUT2D eigenvalue weighted by Gasteiger charge is -2.16. The summed E-state index contributed by atoms with van der Waals surface area (Å²) in [6, 6.07) is 9.83. The lowest BCUT2D eigenvalue weighted by Crippen LogP contribution is -2.24. The van der Waals surface area contributed by atoms with Crippen molar-refractivity contribution < 1.29 is 4.79 Å². The molecule has 0 fully saturated rings. The van der Waals surface area contributed by atoms with E-state index in [0.29, 0.717) is 12.1 Å². The van der Waals surface area contributed by atoms with Gasteiger partial charge in [0, 0.05) is 35.6 Å². The highest BCUT2D eigenvalue weighted by Gasteiger charge is 2.20. The first-order chi connectivity index (χ1) is 10.8. The van der Waals surface area contributed by atoms with Gasteiger partial charge in [-0.1, -0.05) is 12.1 Å². The number of aromatic nitrogens is 2. The van der Waals surface area contributed by atoms with E-state index in [1.807, 2.05) is 47.1 Å². The van der Waals surface area contributed by atoms with Crippen molar-refractivity contribution in [3.05, 3.63) is 60.2 Å². The number of ketones is 1. The number of hydrogen-bond donors (Lipinski definition) is 1. The second kappa shape index (κ2) is 4.89. The van der Waals surface area contributed by atoms with Gasteiger partial charge in [-0.2, -0.15) is 0 Å². The molecule has 2 aromatic heterocycles. The Balaban J connectivity index is 1.93. The Bertz CT molecular complexity index is 923. The first-order valence-electron chi connectivity index (χ1n) is 7.10. The molecule has 0 radical (unpaired) electrons. The molecule has 0 saturated carbocycles. The normalized spacial score (nSPS) is 14.0. The van der Waals surface area contributed by atoms with E-state index in [4.69, 9.17) is 5.73 Å². The molecule has 5 heteroatoms. The molecular formula is C17H14N4O. The zero-order valence-electron chi connectivity index (χ0n) is 11.9. The molecule has 2 N–H and O–H groups in total. The van der Waals surface area contributed by atoms with E-state index in [1.54, 1.807) is 6.33 Å². The van der Waals surface area contributed by atoms with Crippen molar-refractivity contribution in [1.29, 1.82) is 0 Å². The SMILES string of the molecule is NCC1=NCC(=O)c2ccc(-c3cncn4cccc34)cc21. The summed E-state index contributed by atoms with van der Waals surface area (Å²) in [6.45, 7) is 0.520. The summed E-state index contributed by atoms with van der Waals surface area (Å²) in [6.07, 6.45) is 5.56. The van der Waals surface area contributed by atoms with Crippen LogP contribution in [0.25, 0.3) is 16.6 Å². The van der Waals surface area contributed by atoms with Gasteiger partial charge < -0.3 is 10.1 Å². The molecule has 4 rings (SSSR count). The van der Waals surface area contributed by atoms with Crippen LogP contribution in [-0.2, 0) is 0 Å². The zero-order chi connectivity index (χ0) is 15.1. The predicted octanol–water partition coefficient (Wildman–Crippen LogP) is 1.95. The number of carbonyl (C=O) groups excluding carboxylic acids is 1. The maximum Gasteiger partial charge on any atom is 0.184 e. The Labute approximate surface area is 127 Å². The molecule has 5 nitrogen and oxygen atoms in total. The highest BCUT2D eigenvalue weighted by atomic mass is 16.1. The summed E-state index contributed by atoms with van der Waals surface area (Å²) < 4.78 is 1.97. The largest absolute Gasteiger partial charge is 0.325 e. The molecule has 0 atom stereocenters. The van der Waals surface area contributed by atoms with Crippen LogP contribution in [-0.4, -0.2) is 34.0 Å². The second-order valence-electron chi connectivity index (χ2n) is 5.26. The number of rotatable bonds is 2. The summed E-state index contributed by atoms with van der Waals surface area (Å²) in [5, 5.41) is 0. The summed E-state index contributed by atoms with van der Waals surface area (Å²) in [5.41, 5.74) is 11.2. The van der Waals surface area contributed by atoms with Crippen LogP contribution in [0, 0.1) is 0 Å². The molecule has 3 heterocycles. The number of nitrogens with zero attached hydrogens (tertiary/aromatic N) is 3. The van der Waals surface area contributed by atoms with Gasteiger partial charge in [0.1, 0.15) is 6.54 Å². The van der Waals surface area contributed by atoms with E-state index in [1.165, 1.54) is 0 Å². The second-order valence-corrected chi connectivity index (χ2v) is 5.26. The van der Waals surface area contributed by atoms with E-state index in [-0.39, 0.29) is 12.3 Å². The van der Waals surface area contributed by atoms with Crippen molar-refractivity contribution in [2.45, 2.75) is 0 Å². The topological polar surface area (TPSA) is 72.8 Å². The molecule has 0 saturated heterocycles. The van der Waals surface area contributed by atoms with Crippen LogP contribution in [0.15, 0.2) is 54.0 Å². The highest BCUT2D eigenvalue weighted by Crippen LogP contribution is 2.28. The van der Waals surface area contributed by atoms with Gasteiger partial charge in [0.2, 0.25) is 0 Å². The maximum atomic E-state index is 12.0. The van der Waals surface area contributed by atoms with Crippen LogP contribution in [0.4, 0.5) is 0 Å². The molecule has 1 aliphatic rings. The van der Waals surface area contributed by atoms with Crippen LogP contribution in [0.5, 0.6) is 0 Å². The lowest BCUT2D eigenvalue weighted by atomic mass is 9.92. The third kappa shape index (κ3) is 1.87. The molecule has 3 aromatic rings. The average molecular weight is 290 g/mol. The number of aliphatic imine (C=N–C) groups is 1. The van der Waals surface area contributed by atoms with Gasteiger partial charge in [-0.05, 0) is 23.8 Å². The minimum Gasteiger partial charge on any atom is -0.325 e. The van der Waals surface area contributed by atoms with Crippen molar-refractivity contribution in [2.75, 3.05) is 13.1 Å². The fourth-order valence-electron chi connectivity index (χ4n) is 2.90. The molecule has 1 aromatic carbocycles. The van der Waals surface area contributed by atoms with Crippen molar-refractivity contribution in [2.24, 2.45) is 10.7 Å². The van der Waals surface area contributed by atoms with E-state index < -0.39 is 0 Å². The van der Waals surface area contributed by atoms with Crippen molar-refractivity contribution >= 4 is 17.0 Å². The van der Waals surface area contributed by atoms with Crippen molar-refractivity contribution in [3.8, 4) is 11.1 Å². The van der Waals surface area contributed by atoms with E-state index in [0.717, 1.165) is 27.9 Å². The number of hydrogen-bond acceptors (Lipinski definition) is 4. The summed E-state index contributed by atoms with van der Waals surface area (Å²) in [7, 11) is 0. The monoisotopic (exact) mass is 290 g/mol. The minimum absolute atomic E-state index is 0.0396. The van der Waals surface area contributed by atoms with Crippen LogP contribution < -0.4 is 5.73 Å². The number of nitrogens with two attached hydrogens (primary N) is 1. The Morgan fingerprint density at radius 2 is 2.09 bits per heavy atom. The van der Waals surface area contributed by atoms with Crippen molar-refractivity contribution in [1.82, 2.24) is 9.38 Å². The number of benzene rings is 1. The predicted molar refractivity (Wildman–Crippen MR) is 85.4 cm³/mol. The smallest absolute Gasteiger partial charge is 0.184 e. The Hall–Kier alpha value is -2.79. The lowest BCUT2D eigenvalue weighted by molar-refractivity contribution is 0.1000. The standard InChI is InChI=1S/C17H14N4O/c18-7-15-13-6-11(3-4-12(13)17(22)9-20-15)14-8-19-10-21-5-1-2-16(14)21/h1-6,8,10H,7,9,18H2. The molecule has 0 amide bonds. The van der Waals surface area contributed by atoms with Gasteiger partial charge in [0.05, 0.1) is 17.6 Å². The number of carbonyl (C=O) groups is 1. The van der Waals surface area contributed by atoms with Gasteiger partial charge in [-0.25, -0.2) is 4.98 Å². The van der Waals surface area contributed by atoms with Crippen LogP contribution in [0.1, 0.15) is 15.9 Å². The Morgan fingerprint density at radius 3 is 2.95 bits per heavy atom. The van der Waals surface area contributed by atoms with Gasteiger partial charge in [-0.3, -0.25) is 9.79 Å². The maximum absolute atomic E-state index is 12.0. The van der Waals surface area contributed by atoms with E-state index >= 15 is 0 Å².